The molecule has 1 saturated heterocycles. The summed E-state index contributed by atoms with van der Waals surface area (Å²) in [6.07, 6.45) is 0.923. The summed E-state index contributed by atoms with van der Waals surface area (Å²) in [7, 11) is 0. The zero-order chi connectivity index (χ0) is 16.9. The van der Waals surface area contributed by atoms with Crippen LogP contribution in [0.1, 0.15) is 13.3 Å². The van der Waals surface area contributed by atoms with Gasteiger partial charge in [0.05, 0.1) is 13.1 Å². The molecule has 1 fully saturated rings. The monoisotopic (exact) mass is 329 g/mol. The molecule has 0 spiro atoms. The minimum Gasteiger partial charge on any atom is -0.480 e. The van der Waals surface area contributed by atoms with Crippen LogP contribution in [0.2, 0.25) is 0 Å². The van der Waals surface area contributed by atoms with E-state index in [0.29, 0.717) is 32.7 Å². The van der Waals surface area contributed by atoms with E-state index in [9.17, 15) is 9.59 Å². The van der Waals surface area contributed by atoms with Crippen LogP contribution in [0.3, 0.4) is 0 Å². The first kappa shape index (κ1) is 19.8. The molecule has 8 nitrogen and oxygen atoms in total. The fourth-order valence-corrected chi connectivity index (χ4v) is 2.44. The van der Waals surface area contributed by atoms with E-state index in [1.807, 2.05) is 11.8 Å². The number of nitrogens with zero attached hydrogens (tertiary/aromatic N) is 2. The number of carboxylic acids is 1. The number of hydrogen-bond donors (Lipinski definition) is 4. The van der Waals surface area contributed by atoms with Crippen LogP contribution in [0.5, 0.6) is 0 Å². The maximum atomic E-state index is 11.9. The molecule has 0 atom stereocenters. The van der Waals surface area contributed by atoms with Gasteiger partial charge in [-0.15, -0.1) is 0 Å². The van der Waals surface area contributed by atoms with E-state index in [1.165, 1.54) is 0 Å². The van der Waals surface area contributed by atoms with Crippen molar-refractivity contribution in [2.45, 2.75) is 13.3 Å². The van der Waals surface area contributed by atoms with Crippen molar-refractivity contribution in [3.8, 4) is 0 Å². The van der Waals surface area contributed by atoms with E-state index >= 15 is 0 Å². The molecule has 4 N–H and O–H groups in total. The summed E-state index contributed by atoms with van der Waals surface area (Å²) in [5.74, 6) is -0.781. The third-order valence-corrected chi connectivity index (χ3v) is 3.72. The number of amides is 1. The second-order valence-corrected chi connectivity index (χ2v) is 5.80. The van der Waals surface area contributed by atoms with Crippen molar-refractivity contribution in [1.82, 2.24) is 25.8 Å². The minimum absolute atomic E-state index is 0.0328. The van der Waals surface area contributed by atoms with Crippen LogP contribution in [-0.2, 0) is 9.59 Å². The van der Waals surface area contributed by atoms with Gasteiger partial charge in [0, 0.05) is 58.9 Å². The number of aliphatic carboxylic acids is 1. The molecule has 8 heteroatoms. The zero-order valence-electron chi connectivity index (χ0n) is 14.1. The zero-order valence-corrected chi connectivity index (χ0v) is 14.1. The first-order chi connectivity index (χ1) is 11.1. The van der Waals surface area contributed by atoms with Crippen LogP contribution in [-0.4, -0.2) is 98.8 Å². The van der Waals surface area contributed by atoms with Gasteiger partial charge < -0.3 is 21.1 Å². The van der Waals surface area contributed by atoms with E-state index < -0.39 is 5.97 Å². The molecule has 0 aromatic carbocycles. The van der Waals surface area contributed by atoms with Crippen LogP contribution in [0.4, 0.5) is 0 Å². The third kappa shape index (κ3) is 10.2. The summed E-state index contributed by atoms with van der Waals surface area (Å²) >= 11 is 0. The summed E-state index contributed by atoms with van der Waals surface area (Å²) in [6, 6.07) is 0. The maximum Gasteiger partial charge on any atom is 0.317 e. The van der Waals surface area contributed by atoms with Crippen molar-refractivity contribution < 1.29 is 14.7 Å². The number of carbonyl (C=O) groups excluding carboxylic acids is 1. The van der Waals surface area contributed by atoms with Crippen molar-refractivity contribution in [3.05, 3.63) is 0 Å². The highest BCUT2D eigenvalue weighted by atomic mass is 16.4. The molecular formula is C15H31N5O3. The molecule has 23 heavy (non-hydrogen) atoms. The highest BCUT2D eigenvalue weighted by Gasteiger charge is 2.15. The van der Waals surface area contributed by atoms with Gasteiger partial charge in [-0.1, -0.05) is 6.92 Å². The number of nitrogens with one attached hydrogen (secondary N) is 3. The number of hydrogen-bond acceptors (Lipinski definition) is 6. The molecule has 1 heterocycles. The van der Waals surface area contributed by atoms with E-state index in [0.717, 1.165) is 39.1 Å². The van der Waals surface area contributed by atoms with Crippen LogP contribution in [0, 0.1) is 0 Å². The molecule has 0 radical (unpaired) electrons. The van der Waals surface area contributed by atoms with Gasteiger partial charge in [-0.25, -0.2) is 0 Å². The SMILES string of the molecule is CCCNC(=O)CN1CCNCCNCCN(CC(=O)O)CC1. The topological polar surface area (TPSA) is 96.9 Å². The van der Waals surface area contributed by atoms with E-state index in [2.05, 4.69) is 20.9 Å². The fraction of sp³-hybridized carbons (Fsp3) is 0.867. The number of rotatable bonds is 6. The lowest BCUT2D eigenvalue weighted by Gasteiger charge is -2.27. The fourth-order valence-electron chi connectivity index (χ4n) is 2.44. The van der Waals surface area contributed by atoms with Crippen LogP contribution in [0.25, 0.3) is 0 Å². The Morgan fingerprint density at radius 3 is 2.04 bits per heavy atom. The first-order valence-corrected chi connectivity index (χ1v) is 8.46. The molecule has 0 aliphatic carbocycles. The number of carbonyl (C=O) groups is 2. The lowest BCUT2D eigenvalue weighted by atomic mass is 10.3. The molecule has 1 amide bonds. The molecule has 1 aliphatic heterocycles. The lowest BCUT2D eigenvalue weighted by molar-refractivity contribution is -0.138. The van der Waals surface area contributed by atoms with Gasteiger partial charge in [-0.3, -0.25) is 19.4 Å². The third-order valence-electron chi connectivity index (χ3n) is 3.72. The average molecular weight is 329 g/mol. The highest BCUT2D eigenvalue weighted by Crippen LogP contribution is 1.94. The normalized spacial score (nSPS) is 19.5. The summed E-state index contributed by atoms with van der Waals surface area (Å²) in [5.41, 5.74) is 0. The second-order valence-electron chi connectivity index (χ2n) is 5.80. The van der Waals surface area contributed by atoms with Gasteiger partial charge in [-0.05, 0) is 6.42 Å². The Morgan fingerprint density at radius 2 is 1.52 bits per heavy atom. The Bertz CT molecular complexity index is 354. The Kier molecular flexibility index (Phi) is 10.5. The van der Waals surface area contributed by atoms with Crippen molar-refractivity contribution in [2.75, 3.05) is 72.0 Å². The number of carboxylic acid groups (broad SMARTS) is 1. The van der Waals surface area contributed by atoms with Gasteiger partial charge in [0.25, 0.3) is 0 Å². The Hall–Kier alpha value is -1.22. The molecule has 0 aromatic rings. The van der Waals surface area contributed by atoms with Crippen LogP contribution in [0.15, 0.2) is 0 Å². The van der Waals surface area contributed by atoms with Crippen molar-refractivity contribution in [2.24, 2.45) is 0 Å². The summed E-state index contributed by atoms with van der Waals surface area (Å²) < 4.78 is 0. The largest absolute Gasteiger partial charge is 0.480 e. The molecular weight excluding hydrogens is 298 g/mol. The van der Waals surface area contributed by atoms with Crippen molar-refractivity contribution in [1.29, 1.82) is 0 Å². The van der Waals surface area contributed by atoms with Crippen LogP contribution >= 0.6 is 0 Å². The smallest absolute Gasteiger partial charge is 0.317 e. The maximum absolute atomic E-state index is 11.9. The summed E-state index contributed by atoms with van der Waals surface area (Å²) in [6.45, 7) is 9.25. The quantitative estimate of drug-likeness (QED) is 0.466. The average Bonchev–Trinajstić information content (AvgIpc) is 2.50. The van der Waals surface area contributed by atoms with E-state index in [4.69, 9.17) is 5.11 Å². The van der Waals surface area contributed by atoms with E-state index in [-0.39, 0.29) is 12.5 Å². The molecule has 0 bridgehead atoms. The van der Waals surface area contributed by atoms with Crippen molar-refractivity contribution >= 4 is 11.9 Å². The molecule has 1 aliphatic rings. The molecule has 0 unspecified atom stereocenters. The molecule has 0 saturated carbocycles. The predicted molar refractivity (Wildman–Crippen MR) is 89.6 cm³/mol. The summed E-state index contributed by atoms with van der Waals surface area (Å²) in [5, 5.41) is 18.6. The first-order valence-electron chi connectivity index (χ1n) is 8.46. The molecule has 1 rings (SSSR count). The lowest BCUT2D eigenvalue weighted by Crippen LogP contribution is -2.47. The van der Waals surface area contributed by atoms with E-state index in [1.54, 1.807) is 0 Å². The highest BCUT2D eigenvalue weighted by molar-refractivity contribution is 5.77. The summed E-state index contributed by atoms with van der Waals surface area (Å²) in [4.78, 5) is 26.9. The predicted octanol–water partition coefficient (Wildman–Crippen LogP) is -1.61. The minimum atomic E-state index is -0.814. The van der Waals surface area contributed by atoms with Crippen LogP contribution < -0.4 is 16.0 Å². The van der Waals surface area contributed by atoms with Gasteiger partial charge in [0.1, 0.15) is 0 Å². The van der Waals surface area contributed by atoms with Gasteiger partial charge in [-0.2, -0.15) is 0 Å². The Morgan fingerprint density at radius 1 is 0.957 bits per heavy atom. The van der Waals surface area contributed by atoms with Gasteiger partial charge in [0.15, 0.2) is 0 Å². The Labute approximate surface area is 138 Å². The molecule has 0 aromatic heterocycles. The second kappa shape index (κ2) is 12.2. The van der Waals surface area contributed by atoms with Gasteiger partial charge >= 0.3 is 5.97 Å². The Balaban J connectivity index is 2.52. The van der Waals surface area contributed by atoms with Crippen molar-refractivity contribution in [3.63, 3.8) is 0 Å². The molecule has 134 valence electrons. The van der Waals surface area contributed by atoms with Gasteiger partial charge in [0.2, 0.25) is 5.91 Å². The standard InChI is InChI=1S/C15H31N5O3/c1-2-3-18-14(21)12-19-8-6-16-4-5-17-7-9-20(11-10-19)13-15(22)23/h16-17H,2-13H2,1H3,(H,18,21)(H,22,23).